The smallest absolute Gasteiger partial charge is 0.461 e. The van der Waals surface area contributed by atoms with E-state index in [1.807, 2.05) is 0 Å². The fourth-order valence-electron chi connectivity index (χ4n) is 4.09. The van der Waals surface area contributed by atoms with Gasteiger partial charge in [-0.1, -0.05) is 12.1 Å². The lowest BCUT2D eigenvalue weighted by molar-refractivity contribution is -0.119. The topological polar surface area (TPSA) is 155 Å². The number of rotatable bonds is 4. The fraction of sp³-hybridized carbons (Fsp3) is 0.286. The summed E-state index contributed by atoms with van der Waals surface area (Å²) in [7, 11) is -6.17. The Labute approximate surface area is 195 Å². The fourth-order valence-corrected chi connectivity index (χ4v) is 4.52. The summed E-state index contributed by atoms with van der Waals surface area (Å²) in [6, 6.07) is 5.71. The number of ketones is 1. The molecular formula is C21H17F3N4O6S. The lowest BCUT2D eigenvalue weighted by Crippen LogP contribution is -2.33. The quantitative estimate of drug-likeness (QED) is 0.412. The Kier molecular flexibility index (Phi) is 5.66. The van der Waals surface area contributed by atoms with Crippen molar-refractivity contribution in [3.05, 3.63) is 51.4 Å². The summed E-state index contributed by atoms with van der Waals surface area (Å²) in [6.45, 7) is 4.26. The number of nitrogen functional groups attached to an aromatic ring is 1. The van der Waals surface area contributed by atoms with E-state index in [4.69, 9.17) is 10.2 Å². The van der Waals surface area contributed by atoms with Crippen molar-refractivity contribution in [2.24, 2.45) is 10.9 Å². The molecule has 3 heterocycles. The van der Waals surface area contributed by atoms with Crippen LogP contribution in [0.4, 0.5) is 24.9 Å². The van der Waals surface area contributed by atoms with Crippen LogP contribution < -0.4 is 15.3 Å². The van der Waals surface area contributed by atoms with Crippen molar-refractivity contribution in [3.8, 4) is 5.88 Å². The van der Waals surface area contributed by atoms with Gasteiger partial charge in [-0.25, -0.2) is 4.99 Å². The van der Waals surface area contributed by atoms with Gasteiger partial charge < -0.3 is 14.3 Å². The van der Waals surface area contributed by atoms with Gasteiger partial charge >= 0.3 is 15.6 Å². The van der Waals surface area contributed by atoms with Gasteiger partial charge in [0.05, 0.1) is 16.9 Å². The second kappa shape index (κ2) is 8.15. The van der Waals surface area contributed by atoms with Gasteiger partial charge in [-0.3, -0.25) is 9.59 Å². The molecule has 0 spiro atoms. The monoisotopic (exact) mass is 510 g/mol. The van der Waals surface area contributed by atoms with Crippen LogP contribution in [-0.4, -0.2) is 35.4 Å². The van der Waals surface area contributed by atoms with E-state index in [0.29, 0.717) is 0 Å². The second-order valence-corrected chi connectivity index (χ2v) is 9.41. The number of alkyl halides is 3. The molecule has 0 bridgehead atoms. The van der Waals surface area contributed by atoms with E-state index in [1.165, 1.54) is 45.0 Å². The Bertz CT molecular complexity index is 1580. The standard InChI is InChI=1S/C21H17F3N4O6S/c1-8-7-13(30)11-5-4-6-12(17(11)33-8)15-14(10(3)29)9(2)26-18-16(15)19(28-20(25)27-18)34-35(31,32)21(22,23)24/h4-7,14-15H,1-3H3,(H2,25,27,28). The van der Waals surface area contributed by atoms with Gasteiger partial charge in [0.25, 0.3) is 0 Å². The third kappa shape index (κ3) is 4.13. The number of halogens is 3. The summed E-state index contributed by atoms with van der Waals surface area (Å²) in [5.41, 5.74) is -0.424. The molecule has 2 N–H and O–H groups in total. The molecular weight excluding hydrogens is 493 g/mol. The van der Waals surface area contributed by atoms with Crippen molar-refractivity contribution >= 4 is 44.3 Å². The Hall–Kier alpha value is -3.81. The molecule has 1 aliphatic heterocycles. The third-order valence-electron chi connectivity index (χ3n) is 5.44. The zero-order valence-corrected chi connectivity index (χ0v) is 19.2. The zero-order chi connectivity index (χ0) is 25.9. The average Bonchev–Trinajstić information content (AvgIpc) is 2.70. The largest absolute Gasteiger partial charge is 0.534 e. The first kappa shape index (κ1) is 24.3. The number of aromatic nitrogens is 2. The molecule has 10 nitrogen and oxygen atoms in total. The Balaban J connectivity index is 2.10. The molecule has 1 aromatic carbocycles. The molecule has 184 valence electrons. The predicted octanol–water partition coefficient (Wildman–Crippen LogP) is 3.15. The molecule has 0 radical (unpaired) electrons. The number of hydrogen-bond acceptors (Lipinski definition) is 10. The van der Waals surface area contributed by atoms with E-state index in [2.05, 4.69) is 19.1 Å². The molecule has 2 unspecified atom stereocenters. The first-order valence-corrected chi connectivity index (χ1v) is 11.4. The molecule has 3 aromatic rings. The number of carbonyl (C=O) groups excluding carboxylic acids is 1. The van der Waals surface area contributed by atoms with Gasteiger partial charge in [-0.05, 0) is 26.8 Å². The number of fused-ring (bicyclic) bond motifs is 2. The number of para-hydroxylation sites is 1. The molecule has 0 fully saturated rings. The SMILES string of the molecule is CC(=O)C1C(C)=Nc2nc(N)nc(OS(=O)(=O)C(F)(F)F)c2C1c1cccc2c(=O)cc(C)oc12. The van der Waals surface area contributed by atoms with Crippen LogP contribution in [0.2, 0.25) is 0 Å². The molecule has 2 aromatic heterocycles. The highest BCUT2D eigenvalue weighted by atomic mass is 32.2. The molecule has 0 aliphatic carbocycles. The zero-order valence-electron chi connectivity index (χ0n) is 18.4. The number of anilines is 1. The number of aryl methyl sites for hydroxylation is 1. The predicted molar refractivity (Wildman–Crippen MR) is 118 cm³/mol. The van der Waals surface area contributed by atoms with Crippen LogP contribution in [-0.2, 0) is 14.9 Å². The lowest BCUT2D eigenvalue weighted by Gasteiger charge is -2.31. The molecule has 35 heavy (non-hydrogen) atoms. The van der Waals surface area contributed by atoms with Crippen LogP contribution in [0.3, 0.4) is 0 Å². The normalized spacial score (nSPS) is 18.2. The van der Waals surface area contributed by atoms with E-state index in [0.717, 1.165) is 0 Å². The van der Waals surface area contributed by atoms with Gasteiger partial charge in [-0.15, -0.1) is 0 Å². The molecule has 4 rings (SSSR count). The van der Waals surface area contributed by atoms with Crippen LogP contribution in [0.25, 0.3) is 11.0 Å². The van der Waals surface area contributed by atoms with Crippen molar-refractivity contribution in [2.45, 2.75) is 32.2 Å². The van der Waals surface area contributed by atoms with Gasteiger partial charge in [0, 0.05) is 23.3 Å². The minimum Gasteiger partial charge on any atom is -0.461 e. The first-order valence-electron chi connectivity index (χ1n) is 9.98. The Morgan fingerprint density at radius 3 is 2.51 bits per heavy atom. The van der Waals surface area contributed by atoms with Crippen molar-refractivity contribution < 1.29 is 35.0 Å². The number of aliphatic imine (C=N–C) groups is 1. The second-order valence-electron chi connectivity index (χ2n) is 7.87. The van der Waals surface area contributed by atoms with Crippen molar-refractivity contribution in [3.63, 3.8) is 0 Å². The highest BCUT2D eigenvalue weighted by molar-refractivity contribution is 7.88. The number of nitrogens with two attached hydrogens (primary N) is 1. The van der Waals surface area contributed by atoms with Crippen molar-refractivity contribution in [1.29, 1.82) is 0 Å². The first-order chi connectivity index (χ1) is 16.2. The van der Waals surface area contributed by atoms with E-state index < -0.39 is 50.5 Å². The molecule has 0 saturated carbocycles. The highest BCUT2D eigenvalue weighted by Crippen LogP contribution is 2.48. The minimum atomic E-state index is -6.17. The van der Waals surface area contributed by atoms with E-state index >= 15 is 0 Å². The van der Waals surface area contributed by atoms with E-state index in [1.54, 1.807) is 0 Å². The molecule has 0 amide bonds. The van der Waals surface area contributed by atoms with Crippen LogP contribution >= 0.6 is 0 Å². The molecule has 2 atom stereocenters. The van der Waals surface area contributed by atoms with E-state index in [-0.39, 0.29) is 39.4 Å². The summed E-state index contributed by atoms with van der Waals surface area (Å²) in [6.07, 6.45) is 0. The summed E-state index contributed by atoms with van der Waals surface area (Å²) < 4.78 is 73.1. The number of hydrogen-bond donors (Lipinski definition) is 1. The van der Waals surface area contributed by atoms with Crippen LogP contribution in [0.1, 0.15) is 36.7 Å². The maximum atomic E-state index is 13.1. The summed E-state index contributed by atoms with van der Waals surface area (Å²) in [5.74, 6) is -4.44. The number of benzene rings is 1. The van der Waals surface area contributed by atoms with E-state index in [9.17, 15) is 31.2 Å². The lowest BCUT2D eigenvalue weighted by atomic mass is 9.75. The number of Topliss-reactive ketones (excluding diaryl/α,β-unsaturated/α-hetero) is 1. The maximum Gasteiger partial charge on any atom is 0.534 e. The molecule has 1 aliphatic rings. The van der Waals surface area contributed by atoms with Crippen molar-refractivity contribution in [1.82, 2.24) is 9.97 Å². The Morgan fingerprint density at radius 1 is 1.20 bits per heavy atom. The van der Waals surface area contributed by atoms with Gasteiger partial charge in [0.1, 0.15) is 17.1 Å². The van der Waals surface area contributed by atoms with Gasteiger partial charge in [0.15, 0.2) is 11.2 Å². The minimum absolute atomic E-state index is 0.0517. The Morgan fingerprint density at radius 2 is 1.89 bits per heavy atom. The average molecular weight is 510 g/mol. The summed E-state index contributed by atoms with van der Waals surface area (Å²) in [5, 5.41) is 0.138. The maximum absolute atomic E-state index is 13.1. The summed E-state index contributed by atoms with van der Waals surface area (Å²) >= 11 is 0. The summed E-state index contributed by atoms with van der Waals surface area (Å²) in [4.78, 5) is 36.9. The third-order valence-corrected chi connectivity index (χ3v) is 6.38. The van der Waals surface area contributed by atoms with Crippen LogP contribution in [0.15, 0.2) is 38.5 Å². The van der Waals surface area contributed by atoms with Crippen molar-refractivity contribution in [2.75, 3.05) is 5.73 Å². The van der Waals surface area contributed by atoms with Crippen LogP contribution in [0, 0.1) is 12.8 Å². The van der Waals surface area contributed by atoms with Gasteiger partial charge in [0.2, 0.25) is 11.8 Å². The highest BCUT2D eigenvalue weighted by Gasteiger charge is 2.50. The molecule has 0 saturated heterocycles. The van der Waals surface area contributed by atoms with Gasteiger partial charge in [-0.2, -0.15) is 31.6 Å². The van der Waals surface area contributed by atoms with Crippen LogP contribution in [0.5, 0.6) is 5.88 Å². The number of carbonyl (C=O) groups is 1. The molecule has 14 heteroatoms. The number of nitrogens with zero attached hydrogens (tertiary/aromatic N) is 3.